The summed E-state index contributed by atoms with van der Waals surface area (Å²) in [7, 11) is -3.56. The predicted molar refractivity (Wildman–Crippen MR) is 154 cm³/mol. The molecule has 2 amide bonds. The van der Waals surface area contributed by atoms with Crippen LogP contribution in [0.2, 0.25) is 0 Å². The summed E-state index contributed by atoms with van der Waals surface area (Å²) >= 11 is 0. The second-order valence-electron chi connectivity index (χ2n) is 9.88. The van der Waals surface area contributed by atoms with Crippen LogP contribution in [0.5, 0.6) is 5.88 Å². The Bertz CT molecular complexity index is 1600. The van der Waals surface area contributed by atoms with Crippen molar-refractivity contribution in [3.8, 4) is 5.88 Å². The van der Waals surface area contributed by atoms with Gasteiger partial charge in [-0.25, -0.2) is 23.1 Å². The van der Waals surface area contributed by atoms with Gasteiger partial charge in [0.25, 0.3) is 5.88 Å². The maximum Gasteiger partial charge on any atom is 0.425 e. The van der Waals surface area contributed by atoms with Crippen molar-refractivity contribution in [1.82, 2.24) is 23.8 Å². The number of sulfonamides is 1. The Morgan fingerprint density at radius 2 is 1.59 bits per heavy atom. The van der Waals surface area contributed by atoms with Crippen LogP contribution >= 0.6 is 0 Å². The Balaban J connectivity index is 1.54. The van der Waals surface area contributed by atoms with Crippen molar-refractivity contribution in [1.29, 1.82) is 0 Å². The van der Waals surface area contributed by atoms with Crippen molar-refractivity contribution in [2.45, 2.75) is 51.7 Å². The van der Waals surface area contributed by atoms with E-state index in [9.17, 15) is 18.0 Å². The van der Waals surface area contributed by atoms with E-state index >= 15 is 0 Å². The molecule has 0 unspecified atom stereocenters. The molecule has 5 rings (SSSR count). The third-order valence-corrected chi connectivity index (χ3v) is 8.08. The van der Waals surface area contributed by atoms with Gasteiger partial charge < -0.3 is 9.30 Å². The lowest BCUT2D eigenvalue weighted by Crippen LogP contribution is -2.41. The summed E-state index contributed by atoms with van der Waals surface area (Å²) in [5.41, 5.74) is 1.49. The predicted octanol–water partition coefficient (Wildman–Crippen LogP) is 4.67. The van der Waals surface area contributed by atoms with Gasteiger partial charge in [-0.15, -0.1) is 0 Å². The highest BCUT2D eigenvalue weighted by molar-refractivity contribution is 7.88. The molecule has 214 valence electrons. The van der Waals surface area contributed by atoms with Gasteiger partial charge in [0.05, 0.1) is 30.6 Å². The number of nitrogens with one attached hydrogen (secondary N) is 1. The van der Waals surface area contributed by atoms with E-state index in [-0.39, 0.29) is 35.7 Å². The van der Waals surface area contributed by atoms with Crippen LogP contribution in [0.25, 0.3) is 11.2 Å². The Morgan fingerprint density at radius 3 is 2.15 bits per heavy atom. The van der Waals surface area contributed by atoms with Crippen molar-refractivity contribution >= 4 is 50.5 Å². The van der Waals surface area contributed by atoms with Crippen molar-refractivity contribution in [2.75, 3.05) is 16.5 Å². The van der Waals surface area contributed by atoms with Gasteiger partial charge in [-0.3, -0.25) is 10.1 Å². The van der Waals surface area contributed by atoms with Crippen LogP contribution in [0, 0.1) is 0 Å². The van der Waals surface area contributed by atoms with E-state index in [2.05, 4.69) is 20.3 Å². The molecular formula is C28H31N7O5S. The van der Waals surface area contributed by atoms with Crippen LogP contribution in [0.1, 0.15) is 39.0 Å². The number of amides is 2. The maximum absolute atomic E-state index is 13.6. The lowest BCUT2D eigenvalue weighted by molar-refractivity contribution is -0.114. The summed E-state index contributed by atoms with van der Waals surface area (Å²) in [6, 6.07) is 17.8. The van der Waals surface area contributed by atoms with Crippen molar-refractivity contribution in [3.05, 3.63) is 67.0 Å². The van der Waals surface area contributed by atoms with Crippen LogP contribution < -0.4 is 15.0 Å². The molecule has 2 aromatic carbocycles. The molecule has 13 heteroatoms. The number of carbonyl (C=O) groups is 2. The fourth-order valence-electron chi connectivity index (χ4n) is 4.96. The highest BCUT2D eigenvalue weighted by Crippen LogP contribution is 2.30. The molecule has 0 saturated heterocycles. The molecular weight excluding hydrogens is 546 g/mol. The Labute approximate surface area is 238 Å². The minimum Gasteiger partial charge on any atom is -0.388 e. The number of para-hydroxylation sites is 2. The second kappa shape index (κ2) is 12.0. The summed E-state index contributed by atoms with van der Waals surface area (Å²) in [6.45, 7) is 1.27. The van der Waals surface area contributed by atoms with Gasteiger partial charge in [-0.1, -0.05) is 55.7 Å². The molecule has 1 aliphatic carbocycles. The van der Waals surface area contributed by atoms with E-state index in [1.165, 1.54) is 28.7 Å². The SMILES string of the molecule is CC(=O)Nc1nc(OC(=O)N(c2ccccc2)c2ccccc2)c2ncn(CN(C3CCCCC3)S(C)(=O)=O)c2n1. The van der Waals surface area contributed by atoms with E-state index in [4.69, 9.17) is 4.74 Å². The summed E-state index contributed by atoms with van der Waals surface area (Å²) in [4.78, 5) is 40.0. The van der Waals surface area contributed by atoms with Crippen LogP contribution in [0.15, 0.2) is 67.0 Å². The van der Waals surface area contributed by atoms with Gasteiger partial charge in [0.2, 0.25) is 21.9 Å². The summed E-state index contributed by atoms with van der Waals surface area (Å²) in [6.07, 6.45) is 6.38. The third kappa shape index (κ3) is 6.52. The standard InChI is InChI=1S/C28H31N7O5S/c1-20(36)30-27-31-25-24(29-18-33(25)19-34(41(2,38)39)21-12-6-3-7-13-21)26(32-27)40-28(37)35(22-14-8-4-9-15-22)23-16-10-5-11-17-23/h4-5,8-11,14-18,21H,3,6-7,12-13,19H2,1-2H3,(H,30,31,32,36). The molecule has 4 aromatic rings. The van der Waals surface area contributed by atoms with Crippen molar-refractivity contribution in [3.63, 3.8) is 0 Å². The highest BCUT2D eigenvalue weighted by atomic mass is 32.2. The Morgan fingerprint density at radius 1 is 0.976 bits per heavy atom. The molecule has 1 aliphatic rings. The van der Waals surface area contributed by atoms with Gasteiger partial charge in [-0.2, -0.15) is 14.3 Å². The van der Waals surface area contributed by atoms with Crippen LogP contribution in [0.4, 0.5) is 22.1 Å². The number of hydrogen-bond donors (Lipinski definition) is 1. The van der Waals surface area contributed by atoms with Gasteiger partial charge in [0.15, 0.2) is 11.2 Å². The largest absolute Gasteiger partial charge is 0.425 e. The molecule has 0 radical (unpaired) electrons. The summed E-state index contributed by atoms with van der Waals surface area (Å²) in [5.74, 6) is -0.713. The maximum atomic E-state index is 13.6. The lowest BCUT2D eigenvalue weighted by Gasteiger charge is -2.32. The number of anilines is 3. The zero-order chi connectivity index (χ0) is 29.0. The van der Waals surface area contributed by atoms with E-state index in [1.807, 2.05) is 12.1 Å². The minimum absolute atomic E-state index is 0.0376. The molecule has 0 atom stereocenters. The molecule has 0 spiro atoms. The molecule has 0 aliphatic heterocycles. The molecule has 1 N–H and O–H groups in total. The highest BCUT2D eigenvalue weighted by Gasteiger charge is 2.30. The van der Waals surface area contributed by atoms with Gasteiger partial charge in [-0.05, 0) is 37.1 Å². The smallest absolute Gasteiger partial charge is 0.388 e. The molecule has 1 saturated carbocycles. The summed E-state index contributed by atoms with van der Waals surface area (Å²) < 4.78 is 34.4. The van der Waals surface area contributed by atoms with E-state index in [0.29, 0.717) is 11.4 Å². The first-order valence-electron chi connectivity index (χ1n) is 13.3. The number of fused-ring (bicyclic) bond motifs is 1. The molecule has 12 nitrogen and oxygen atoms in total. The fraction of sp³-hybridized carbons (Fsp3) is 0.321. The first-order chi connectivity index (χ1) is 19.7. The monoisotopic (exact) mass is 577 g/mol. The van der Waals surface area contributed by atoms with Crippen LogP contribution in [-0.4, -0.2) is 56.5 Å². The zero-order valence-electron chi connectivity index (χ0n) is 22.8. The van der Waals surface area contributed by atoms with E-state index < -0.39 is 22.0 Å². The van der Waals surface area contributed by atoms with Gasteiger partial charge in [0.1, 0.15) is 0 Å². The molecule has 2 heterocycles. The third-order valence-electron chi connectivity index (χ3n) is 6.81. The average molecular weight is 578 g/mol. The molecule has 2 aromatic heterocycles. The van der Waals surface area contributed by atoms with Gasteiger partial charge >= 0.3 is 6.09 Å². The van der Waals surface area contributed by atoms with Crippen LogP contribution in [0.3, 0.4) is 0 Å². The van der Waals surface area contributed by atoms with Gasteiger partial charge in [0, 0.05) is 13.0 Å². The number of ether oxygens (including phenoxy) is 1. The van der Waals surface area contributed by atoms with Crippen molar-refractivity contribution in [2.24, 2.45) is 0 Å². The first-order valence-corrected chi connectivity index (χ1v) is 15.1. The number of benzene rings is 2. The first kappa shape index (κ1) is 28.2. The number of nitrogens with zero attached hydrogens (tertiary/aromatic N) is 6. The number of aromatic nitrogens is 4. The number of rotatable bonds is 8. The van der Waals surface area contributed by atoms with Crippen LogP contribution in [-0.2, 0) is 21.5 Å². The molecule has 41 heavy (non-hydrogen) atoms. The number of imidazole rings is 1. The number of hydrogen-bond acceptors (Lipinski definition) is 8. The van der Waals surface area contributed by atoms with E-state index in [1.54, 1.807) is 53.1 Å². The Hall–Kier alpha value is -4.36. The minimum atomic E-state index is -3.56. The Kier molecular flexibility index (Phi) is 8.26. The lowest BCUT2D eigenvalue weighted by atomic mass is 9.96. The average Bonchev–Trinajstić information content (AvgIpc) is 3.35. The number of carbonyl (C=O) groups excluding carboxylic acids is 2. The summed E-state index contributed by atoms with van der Waals surface area (Å²) in [5, 5.41) is 2.53. The molecule has 1 fully saturated rings. The van der Waals surface area contributed by atoms with Crippen molar-refractivity contribution < 1.29 is 22.7 Å². The quantitative estimate of drug-likeness (QED) is 0.319. The normalized spacial score (nSPS) is 14.2. The van der Waals surface area contributed by atoms with E-state index in [0.717, 1.165) is 32.1 Å². The molecule has 0 bridgehead atoms. The second-order valence-corrected chi connectivity index (χ2v) is 11.8. The zero-order valence-corrected chi connectivity index (χ0v) is 23.6. The topological polar surface area (TPSA) is 140 Å². The fourth-order valence-corrected chi connectivity index (χ4v) is 6.05.